The summed E-state index contributed by atoms with van der Waals surface area (Å²) in [4.78, 5) is 26.9. The van der Waals surface area contributed by atoms with Gasteiger partial charge in [0.2, 0.25) is 11.8 Å². The van der Waals surface area contributed by atoms with Gasteiger partial charge in [0.25, 0.3) is 0 Å². The van der Waals surface area contributed by atoms with Crippen molar-refractivity contribution in [1.82, 2.24) is 10.2 Å². The maximum absolute atomic E-state index is 12.9. The van der Waals surface area contributed by atoms with Crippen LogP contribution in [0.1, 0.15) is 65.2 Å². The Hall–Kier alpha value is -1.06. The Kier molecular flexibility index (Phi) is 4.48. The predicted molar refractivity (Wildman–Crippen MR) is 74.7 cm³/mol. The Morgan fingerprint density at radius 2 is 1.79 bits per heavy atom. The summed E-state index contributed by atoms with van der Waals surface area (Å²) in [6.07, 6.45) is 7.27. The molecule has 1 saturated heterocycles. The second kappa shape index (κ2) is 5.93. The molecule has 0 aromatic carbocycles. The Balaban J connectivity index is 2.26. The molecule has 2 amide bonds. The normalized spacial score (nSPS) is 23.6. The quantitative estimate of drug-likeness (QED) is 0.851. The van der Waals surface area contributed by atoms with Crippen LogP contribution in [0.4, 0.5) is 0 Å². The van der Waals surface area contributed by atoms with Gasteiger partial charge in [0, 0.05) is 19.0 Å². The summed E-state index contributed by atoms with van der Waals surface area (Å²) in [7, 11) is 0. The van der Waals surface area contributed by atoms with Crippen LogP contribution in [-0.4, -0.2) is 34.8 Å². The van der Waals surface area contributed by atoms with Crippen LogP contribution < -0.4 is 5.32 Å². The summed E-state index contributed by atoms with van der Waals surface area (Å²) in [5, 5.41) is 3.05. The minimum Gasteiger partial charge on any atom is -0.342 e. The molecule has 0 aromatic rings. The zero-order chi connectivity index (χ0) is 13.9. The molecular weight excluding hydrogens is 240 g/mol. The number of amides is 2. The lowest BCUT2D eigenvalue weighted by Crippen LogP contribution is -2.59. The summed E-state index contributed by atoms with van der Waals surface area (Å²) in [5.74, 6) is 0.218. The molecule has 108 valence electrons. The minimum atomic E-state index is -0.589. The van der Waals surface area contributed by atoms with E-state index in [0.29, 0.717) is 13.0 Å². The zero-order valence-corrected chi connectivity index (χ0v) is 12.2. The third-order valence-electron chi connectivity index (χ3n) is 4.72. The number of nitrogens with one attached hydrogen (secondary N) is 1. The van der Waals surface area contributed by atoms with Crippen molar-refractivity contribution in [2.45, 2.75) is 76.8 Å². The maximum atomic E-state index is 12.9. The van der Waals surface area contributed by atoms with Crippen molar-refractivity contribution in [3.05, 3.63) is 0 Å². The van der Waals surface area contributed by atoms with Crippen LogP contribution in [0.25, 0.3) is 0 Å². The summed E-state index contributed by atoms with van der Waals surface area (Å²) in [6, 6.07) is 0.277. The van der Waals surface area contributed by atoms with Crippen LogP contribution in [0.2, 0.25) is 0 Å². The number of hydrogen-bond acceptors (Lipinski definition) is 2. The van der Waals surface area contributed by atoms with E-state index in [0.717, 1.165) is 38.5 Å². The average Bonchev–Trinajstić information content (AvgIpc) is 2.53. The Labute approximate surface area is 115 Å². The molecule has 4 heteroatoms. The van der Waals surface area contributed by atoms with Crippen LogP contribution in [-0.2, 0) is 9.59 Å². The largest absolute Gasteiger partial charge is 0.342 e. The van der Waals surface area contributed by atoms with E-state index in [4.69, 9.17) is 0 Å². The van der Waals surface area contributed by atoms with Crippen molar-refractivity contribution >= 4 is 11.8 Å². The van der Waals surface area contributed by atoms with E-state index < -0.39 is 5.54 Å². The number of carbonyl (C=O) groups excluding carboxylic acids is 2. The highest BCUT2D eigenvalue weighted by atomic mass is 16.2. The molecule has 1 N–H and O–H groups in total. The highest BCUT2D eigenvalue weighted by Gasteiger charge is 2.46. The van der Waals surface area contributed by atoms with Crippen LogP contribution >= 0.6 is 0 Å². The van der Waals surface area contributed by atoms with E-state index in [1.165, 1.54) is 6.42 Å². The molecule has 0 aromatic heterocycles. The molecule has 4 nitrogen and oxygen atoms in total. The van der Waals surface area contributed by atoms with Gasteiger partial charge in [-0.2, -0.15) is 0 Å². The summed E-state index contributed by atoms with van der Waals surface area (Å²) in [6.45, 7) is 4.82. The van der Waals surface area contributed by atoms with Gasteiger partial charge in [-0.05, 0) is 25.7 Å². The highest BCUT2D eigenvalue weighted by Crippen LogP contribution is 2.32. The van der Waals surface area contributed by atoms with E-state index >= 15 is 0 Å². The molecule has 1 heterocycles. The fourth-order valence-electron chi connectivity index (χ4n) is 3.55. The zero-order valence-electron chi connectivity index (χ0n) is 12.2. The Morgan fingerprint density at radius 3 is 2.37 bits per heavy atom. The van der Waals surface area contributed by atoms with Gasteiger partial charge >= 0.3 is 0 Å². The average molecular weight is 266 g/mol. The van der Waals surface area contributed by atoms with E-state index in [1.807, 2.05) is 4.90 Å². The van der Waals surface area contributed by atoms with Gasteiger partial charge in [0.05, 0.1) is 0 Å². The van der Waals surface area contributed by atoms with E-state index in [2.05, 4.69) is 19.2 Å². The lowest BCUT2D eigenvalue weighted by Gasteiger charge is -2.40. The number of rotatable bonds is 3. The predicted octanol–water partition coefficient (Wildman–Crippen LogP) is 2.23. The molecule has 0 unspecified atom stereocenters. The van der Waals surface area contributed by atoms with Gasteiger partial charge < -0.3 is 10.2 Å². The van der Waals surface area contributed by atoms with Crippen LogP contribution in [0, 0.1) is 0 Å². The second-order valence-electron chi connectivity index (χ2n) is 5.91. The third-order valence-corrected chi connectivity index (χ3v) is 4.72. The Morgan fingerprint density at radius 1 is 1.16 bits per heavy atom. The third kappa shape index (κ3) is 2.77. The van der Waals surface area contributed by atoms with Crippen LogP contribution in [0.5, 0.6) is 0 Å². The SMILES string of the molecule is CCC(CC)N1CCC(=O)NC2(CCCCC2)C1=O. The molecule has 1 saturated carbocycles. The van der Waals surface area contributed by atoms with Gasteiger partial charge in [0.1, 0.15) is 5.54 Å². The van der Waals surface area contributed by atoms with Gasteiger partial charge in [0.15, 0.2) is 0 Å². The van der Waals surface area contributed by atoms with Crippen LogP contribution in [0.15, 0.2) is 0 Å². The number of nitrogens with zero attached hydrogens (tertiary/aromatic N) is 1. The van der Waals surface area contributed by atoms with Gasteiger partial charge in [-0.3, -0.25) is 9.59 Å². The van der Waals surface area contributed by atoms with Crippen molar-refractivity contribution < 1.29 is 9.59 Å². The summed E-state index contributed by atoms with van der Waals surface area (Å²) in [5.41, 5.74) is -0.589. The fraction of sp³-hybridized carbons (Fsp3) is 0.867. The molecule has 2 aliphatic rings. The molecule has 2 fully saturated rings. The van der Waals surface area contributed by atoms with Crippen molar-refractivity contribution in [3.8, 4) is 0 Å². The maximum Gasteiger partial charge on any atom is 0.248 e. The van der Waals surface area contributed by atoms with Crippen molar-refractivity contribution in [2.75, 3.05) is 6.54 Å². The van der Waals surface area contributed by atoms with Crippen molar-refractivity contribution in [2.24, 2.45) is 0 Å². The second-order valence-corrected chi connectivity index (χ2v) is 5.91. The van der Waals surface area contributed by atoms with Crippen molar-refractivity contribution in [3.63, 3.8) is 0 Å². The smallest absolute Gasteiger partial charge is 0.248 e. The fourth-order valence-corrected chi connectivity index (χ4v) is 3.55. The van der Waals surface area contributed by atoms with E-state index in [9.17, 15) is 9.59 Å². The first-order valence-corrected chi connectivity index (χ1v) is 7.75. The van der Waals surface area contributed by atoms with Gasteiger partial charge in [-0.1, -0.05) is 33.1 Å². The molecule has 1 aliphatic carbocycles. The number of carbonyl (C=O) groups is 2. The highest BCUT2D eigenvalue weighted by molar-refractivity contribution is 5.93. The number of hydrogen-bond donors (Lipinski definition) is 1. The lowest BCUT2D eigenvalue weighted by atomic mass is 9.80. The molecular formula is C15H26N2O2. The van der Waals surface area contributed by atoms with E-state index in [1.54, 1.807) is 0 Å². The molecule has 19 heavy (non-hydrogen) atoms. The standard InChI is InChI=1S/C15H26N2O2/c1-3-12(4-2)17-11-8-13(18)16-15(14(17)19)9-6-5-7-10-15/h12H,3-11H2,1-2H3,(H,16,18). The first-order valence-electron chi connectivity index (χ1n) is 7.75. The molecule has 0 atom stereocenters. The summed E-state index contributed by atoms with van der Waals surface area (Å²) >= 11 is 0. The van der Waals surface area contributed by atoms with Gasteiger partial charge in [-0.15, -0.1) is 0 Å². The lowest BCUT2D eigenvalue weighted by molar-refractivity contribution is -0.142. The van der Waals surface area contributed by atoms with Gasteiger partial charge in [-0.25, -0.2) is 0 Å². The first kappa shape index (κ1) is 14.4. The molecule has 1 aliphatic heterocycles. The van der Waals surface area contributed by atoms with E-state index in [-0.39, 0.29) is 17.9 Å². The van der Waals surface area contributed by atoms with Crippen LogP contribution in [0.3, 0.4) is 0 Å². The monoisotopic (exact) mass is 266 g/mol. The first-order chi connectivity index (χ1) is 9.13. The molecule has 1 spiro atoms. The molecule has 0 bridgehead atoms. The topological polar surface area (TPSA) is 49.4 Å². The molecule has 2 rings (SSSR count). The summed E-state index contributed by atoms with van der Waals surface area (Å²) < 4.78 is 0. The molecule has 0 radical (unpaired) electrons. The Bertz CT molecular complexity index is 344. The minimum absolute atomic E-state index is 0.0451. The van der Waals surface area contributed by atoms with Crippen molar-refractivity contribution in [1.29, 1.82) is 0 Å².